The van der Waals surface area contributed by atoms with Crippen molar-refractivity contribution in [3.8, 4) is 0 Å². The van der Waals surface area contributed by atoms with E-state index in [1.165, 1.54) is 51.4 Å². The summed E-state index contributed by atoms with van der Waals surface area (Å²) in [7, 11) is 4.40. The molecule has 0 radical (unpaired) electrons. The quantitative estimate of drug-likeness (QED) is 0.501. The van der Waals surface area contributed by atoms with Crippen molar-refractivity contribution in [2.24, 2.45) is 17.8 Å². The summed E-state index contributed by atoms with van der Waals surface area (Å²) < 4.78 is 0. The number of nitrogens with one attached hydrogen (secondary N) is 4. The zero-order chi connectivity index (χ0) is 21.6. The zero-order valence-corrected chi connectivity index (χ0v) is 19.5. The second-order valence-electron chi connectivity index (χ2n) is 10.4. The molecule has 0 spiro atoms. The van der Waals surface area contributed by atoms with Gasteiger partial charge in [0.05, 0.1) is 6.17 Å². The molecule has 1 heterocycles. The third-order valence-electron chi connectivity index (χ3n) is 7.85. The minimum atomic E-state index is 0.200. The van der Waals surface area contributed by atoms with Gasteiger partial charge in [-0.2, -0.15) is 0 Å². The molecule has 1 aliphatic heterocycles. The molecule has 0 aromatic rings. The lowest BCUT2D eigenvalue weighted by atomic mass is 9.80. The van der Waals surface area contributed by atoms with Crippen LogP contribution in [0, 0.1) is 17.8 Å². The Hall–Kier alpha value is -1.21. The Morgan fingerprint density at radius 2 is 1.84 bits per heavy atom. The van der Waals surface area contributed by atoms with Crippen LogP contribution in [0.25, 0.3) is 0 Å². The summed E-state index contributed by atoms with van der Waals surface area (Å²) in [5.74, 6) is 1.90. The van der Waals surface area contributed by atoms with Gasteiger partial charge in [-0.25, -0.2) is 0 Å². The van der Waals surface area contributed by atoms with Crippen molar-refractivity contribution in [3.05, 3.63) is 24.3 Å². The van der Waals surface area contributed by atoms with E-state index in [9.17, 15) is 4.79 Å². The fraction of sp³-hybridized carbons (Fsp3) is 0.800. The summed E-state index contributed by atoms with van der Waals surface area (Å²) in [6, 6.07) is 1.18. The molecule has 0 aromatic carbocycles. The van der Waals surface area contributed by atoms with Gasteiger partial charge in [-0.15, -0.1) is 0 Å². The number of carbonyl (C=O) groups is 1. The number of fused-ring (bicyclic) bond motifs is 1. The number of nitrogens with zero attached hydrogens (tertiary/aromatic N) is 1. The highest BCUT2D eigenvalue weighted by Crippen LogP contribution is 2.31. The van der Waals surface area contributed by atoms with Crippen LogP contribution in [0.4, 0.5) is 0 Å². The predicted octanol–water partition coefficient (Wildman–Crippen LogP) is 2.70. The molecule has 1 amide bonds. The molecule has 6 nitrogen and oxygen atoms in total. The van der Waals surface area contributed by atoms with Crippen LogP contribution < -0.4 is 21.3 Å². The van der Waals surface area contributed by atoms with Crippen LogP contribution in [0.1, 0.15) is 64.2 Å². The number of amides is 1. The fourth-order valence-corrected chi connectivity index (χ4v) is 6.05. The Labute approximate surface area is 188 Å². The molecular weight excluding hydrogens is 386 g/mol. The predicted molar refractivity (Wildman–Crippen MR) is 126 cm³/mol. The maximum atomic E-state index is 12.3. The topological polar surface area (TPSA) is 68.4 Å². The largest absolute Gasteiger partial charge is 0.356 e. The molecule has 31 heavy (non-hydrogen) atoms. The first kappa shape index (κ1) is 23.0. The lowest BCUT2D eigenvalue weighted by Crippen LogP contribution is -2.72. The second-order valence-corrected chi connectivity index (χ2v) is 10.4. The lowest BCUT2D eigenvalue weighted by Gasteiger charge is -2.49. The van der Waals surface area contributed by atoms with Gasteiger partial charge in [-0.1, -0.05) is 37.1 Å². The summed E-state index contributed by atoms with van der Waals surface area (Å²) in [5, 5.41) is 14.7. The first-order valence-electron chi connectivity index (χ1n) is 12.6. The van der Waals surface area contributed by atoms with Crippen molar-refractivity contribution in [1.29, 1.82) is 0 Å². The molecular formula is C25H43N5O. The van der Waals surface area contributed by atoms with Crippen molar-refractivity contribution in [2.75, 3.05) is 20.6 Å². The van der Waals surface area contributed by atoms with E-state index < -0.39 is 0 Å². The van der Waals surface area contributed by atoms with Gasteiger partial charge in [-0.3, -0.25) is 25.6 Å². The van der Waals surface area contributed by atoms with Gasteiger partial charge in [-0.05, 0) is 70.9 Å². The molecule has 2 saturated carbocycles. The average Bonchev–Trinajstić information content (AvgIpc) is 2.78. The van der Waals surface area contributed by atoms with E-state index in [0.717, 1.165) is 13.0 Å². The van der Waals surface area contributed by atoms with Crippen molar-refractivity contribution >= 4 is 5.91 Å². The summed E-state index contributed by atoms with van der Waals surface area (Å²) in [5.41, 5.74) is 0. The number of allylic oxidation sites excluding steroid dienone is 4. The van der Waals surface area contributed by atoms with Gasteiger partial charge in [0, 0.05) is 31.0 Å². The molecule has 4 N–H and O–H groups in total. The van der Waals surface area contributed by atoms with Crippen molar-refractivity contribution in [3.63, 3.8) is 0 Å². The standard InChI is InChI=1S/C25H43N5O/c1-30(2)24-21-10-6-7-11-22(21)28-25(29-24)27-20-14-12-19(13-15-20)17-26-23(31)16-18-8-4-3-5-9-18/h3-5,8,18-22,24-25,27-29H,6-7,9-17H2,1-2H3,(H,26,31). The summed E-state index contributed by atoms with van der Waals surface area (Å²) >= 11 is 0. The summed E-state index contributed by atoms with van der Waals surface area (Å²) in [6.45, 7) is 0.838. The van der Waals surface area contributed by atoms with E-state index in [4.69, 9.17) is 0 Å². The van der Waals surface area contributed by atoms with Crippen LogP contribution in [0.15, 0.2) is 24.3 Å². The van der Waals surface area contributed by atoms with E-state index in [-0.39, 0.29) is 12.2 Å². The van der Waals surface area contributed by atoms with E-state index in [0.29, 0.717) is 42.4 Å². The monoisotopic (exact) mass is 429 g/mol. The molecule has 5 atom stereocenters. The summed E-state index contributed by atoms with van der Waals surface area (Å²) in [6.07, 6.45) is 20.8. The molecule has 3 fully saturated rings. The molecule has 4 rings (SSSR count). The van der Waals surface area contributed by atoms with Gasteiger partial charge in [0.1, 0.15) is 6.29 Å². The second kappa shape index (κ2) is 11.1. The molecule has 0 aromatic heterocycles. The van der Waals surface area contributed by atoms with E-state index >= 15 is 0 Å². The SMILES string of the molecule is CN(C)C1NC(NC2CCC(CNC(=O)CC3C=CC=CC3)CC2)NC2CCCCC21. The molecule has 0 bridgehead atoms. The highest BCUT2D eigenvalue weighted by molar-refractivity contribution is 5.76. The molecule has 6 heteroatoms. The minimum absolute atomic E-state index is 0.200. The van der Waals surface area contributed by atoms with Crippen LogP contribution in [0.3, 0.4) is 0 Å². The molecule has 174 valence electrons. The summed E-state index contributed by atoms with van der Waals surface area (Å²) in [4.78, 5) is 14.6. The first-order valence-corrected chi connectivity index (χ1v) is 12.6. The molecule has 5 unspecified atom stereocenters. The smallest absolute Gasteiger partial charge is 0.220 e. The maximum Gasteiger partial charge on any atom is 0.220 e. The number of hydrogen-bond acceptors (Lipinski definition) is 5. The van der Waals surface area contributed by atoms with E-state index in [2.05, 4.69) is 64.6 Å². The highest BCUT2D eigenvalue weighted by Gasteiger charge is 2.39. The van der Waals surface area contributed by atoms with E-state index in [1.54, 1.807) is 0 Å². The van der Waals surface area contributed by atoms with Crippen LogP contribution >= 0.6 is 0 Å². The van der Waals surface area contributed by atoms with Gasteiger partial charge >= 0.3 is 0 Å². The molecule has 1 saturated heterocycles. The third kappa shape index (κ3) is 6.41. The highest BCUT2D eigenvalue weighted by atomic mass is 16.1. The van der Waals surface area contributed by atoms with Crippen molar-refractivity contribution in [1.82, 2.24) is 26.2 Å². The zero-order valence-electron chi connectivity index (χ0n) is 19.5. The first-order chi connectivity index (χ1) is 15.1. The third-order valence-corrected chi connectivity index (χ3v) is 7.85. The Bertz CT molecular complexity index is 640. The maximum absolute atomic E-state index is 12.3. The average molecular weight is 430 g/mol. The Morgan fingerprint density at radius 3 is 2.58 bits per heavy atom. The Morgan fingerprint density at radius 1 is 1.03 bits per heavy atom. The van der Waals surface area contributed by atoms with Gasteiger partial charge in [0.15, 0.2) is 0 Å². The van der Waals surface area contributed by atoms with Gasteiger partial charge in [0.2, 0.25) is 5.91 Å². The van der Waals surface area contributed by atoms with Gasteiger partial charge in [0.25, 0.3) is 0 Å². The normalized spacial score (nSPS) is 38.1. The van der Waals surface area contributed by atoms with Crippen LogP contribution in [0.2, 0.25) is 0 Å². The minimum Gasteiger partial charge on any atom is -0.356 e. The van der Waals surface area contributed by atoms with Crippen molar-refractivity contribution in [2.45, 2.75) is 88.7 Å². The van der Waals surface area contributed by atoms with Crippen LogP contribution in [0.5, 0.6) is 0 Å². The van der Waals surface area contributed by atoms with Crippen LogP contribution in [-0.4, -0.2) is 56.0 Å². The number of carbonyl (C=O) groups excluding carboxylic acids is 1. The van der Waals surface area contributed by atoms with Crippen molar-refractivity contribution < 1.29 is 4.79 Å². The number of hydrogen-bond donors (Lipinski definition) is 4. The number of rotatable bonds is 7. The van der Waals surface area contributed by atoms with E-state index in [1.807, 2.05) is 0 Å². The molecule has 4 aliphatic rings. The Balaban J connectivity index is 1.16. The fourth-order valence-electron chi connectivity index (χ4n) is 6.05. The van der Waals surface area contributed by atoms with Crippen LogP contribution in [-0.2, 0) is 4.79 Å². The van der Waals surface area contributed by atoms with Gasteiger partial charge < -0.3 is 5.32 Å². The Kier molecular flexibility index (Phi) is 8.21. The molecule has 3 aliphatic carbocycles. The lowest BCUT2D eigenvalue weighted by molar-refractivity contribution is -0.121.